The third-order valence-electron chi connectivity index (χ3n) is 6.74. The number of nitrogens with two attached hydrogens (primary N) is 1. The molecular weight excluding hydrogens is 536 g/mol. The lowest BCUT2D eigenvalue weighted by Gasteiger charge is -2.43. The molecule has 0 aromatic heterocycles. The van der Waals surface area contributed by atoms with Crippen LogP contribution in [-0.4, -0.2) is 81.0 Å². The van der Waals surface area contributed by atoms with Crippen LogP contribution in [0.3, 0.4) is 0 Å². The van der Waals surface area contributed by atoms with Gasteiger partial charge < -0.3 is 39.5 Å². The summed E-state index contributed by atoms with van der Waals surface area (Å²) in [6.45, 7) is 3.46. The monoisotopic (exact) mass is 570 g/mol. The molecule has 0 spiro atoms. The number of esters is 3. The van der Waals surface area contributed by atoms with E-state index in [9.17, 15) is 19.2 Å². The molecule has 1 saturated heterocycles. The molecule has 220 valence electrons. The zero-order valence-corrected chi connectivity index (χ0v) is 23.1. The molecule has 1 fully saturated rings. The van der Waals surface area contributed by atoms with Crippen molar-refractivity contribution in [1.82, 2.24) is 5.32 Å². The summed E-state index contributed by atoms with van der Waals surface area (Å²) in [5.41, 5.74) is 10.7. The molecule has 1 aliphatic heterocycles. The first-order valence-corrected chi connectivity index (χ1v) is 13.2. The lowest BCUT2D eigenvalue weighted by molar-refractivity contribution is -0.273. The van der Waals surface area contributed by atoms with Gasteiger partial charge in [0.15, 0.2) is 18.5 Å². The van der Waals surface area contributed by atoms with Crippen LogP contribution in [0.1, 0.15) is 37.8 Å². The molecule has 3 N–H and O–H groups in total. The van der Waals surface area contributed by atoms with Crippen LogP contribution in [0, 0.1) is 0 Å². The van der Waals surface area contributed by atoms with E-state index in [0.717, 1.165) is 22.3 Å². The minimum atomic E-state index is -1.13. The van der Waals surface area contributed by atoms with Crippen LogP contribution in [0.5, 0.6) is 0 Å². The zero-order chi connectivity index (χ0) is 29.5. The van der Waals surface area contributed by atoms with Gasteiger partial charge >= 0.3 is 24.0 Å². The zero-order valence-electron chi connectivity index (χ0n) is 23.1. The summed E-state index contributed by atoms with van der Waals surface area (Å²) in [5.74, 6) is -1.98. The Balaban J connectivity index is 1.31. The van der Waals surface area contributed by atoms with Gasteiger partial charge in [-0.05, 0) is 22.3 Å². The molecule has 1 amide bonds. The van der Waals surface area contributed by atoms with Gasteiger partial charge in [0.25, 0.3) is 0 Å². The number of hydrogen-bond donors (Lipinski definition) is 2. The molecule has 2 aromatic carbocycles. The number of carbonyl (C=O) groups is 4. The Morgan fingerprint density at radius 1 is 0.805 bits per heavy atom. The van der Waals surface area contributed by atoms with E-state index in [2.05, 4.69) is 17.4 Å². The van der Waals surface area contributed by atoms with Gasteiger partial charge in [-0.15, -0.1) is 0 Å². The van der Waals surface area contributed by atoms with Crippen LogP contribution in [0.15, 0.2) is 48.5 Å². The second kappa shape index (κ2) is 13.6. The molecule has 2 aliphatic rings. The summed E-state index contributed by atoms with van der Waals surface area (Å²) in [6.07, 6.45) is -5.04. The summed E-state index contributed by atoms with van der Waals surface area (Å²) >= 11 is 0. The van der Waals surface area contributed by atoms with Crippen LogP contribution < -0.4 is 11.1 Å². The van der Waals surface area contributed by atoms with Crippen molar-refractivity contribution in [3.63, 3.8) is 0 Å². The minimum Gasteiger partial charge on any atom is -0.463 e. The number of benzene rings is 2. The van der Waals surface area contributed by atoms with Gasteiger partial charge in [-0.25, -0.2) is 4.79 Å². The molecule has 12 heteroatoms. The van der Waals surface area contributed by atoms with E-state index in [1.807, 2.05) is 36.4 Å². The summed E-state index contributed by atoms with van der Waals surface area (Å²) in [5, 5.41) is 2.63. The summed E-state index contributed by atoms with van der Waals surface area (Å²) < 4.78 is 32.7. The molecule has 41 heavy (non-hydrogen) atoms. The Labute approximate surface area is 237 Å². The molecule has 0 radical (unpaired) electrons. The Kier molecular flexibility index (Phi) is 9.92. The number of amides is 1. The Hall–Kier alpha value is -4.00. The van der Waals surface area contributed by atoms with Crippen molar-refractivity contribution >= 4 is 24.0 Å². The smallest absolute Gasteiger partial charge is 0.407 e. The van der Waals surface area contributed by atoms with Gasteiger partial charge in [-0.1, -0.05) is 48.5 Å². The van der Waals surface area contributed by atoms with Gasteiger partial charge in [0.1, 0.15) is 19.3 Å². The summed E-state index contributed by atoms with van der Waals surface area (Å²) in [7, 11) is 0. The fourth-order valence-electron chi connectivity index (χ4n) is 5.06. The minimum absolute atomic E-state index is 0.0339. The number of ether oxygens (including phenoxy) is 6. The van der Waals surface area contributed by atoms with Gasteiger partial charge in [0.05, 0.1) is 12.6 Å². The van der Waals surface area contributed by atoms with Crippen molar-refractivity contribution in [3.8, 4) is 11.1 Å². The topological polar surface area (TPSA) is 162 Å². The standard InChI is InChI=1S/C29H34N2O10/c1-16(32)37-15-24-26(39-17(2)33)27(40-18(3)34)25(30)28(41-24)36-13-12-31-29(35)38-14-23-21-10-6-4-8-19(21)20-9-5-7-11-22(20)23/h4-11,23-28H,12-15,30H2,1-3H3,(H,31,35)/t24?,25-,26-,27?,28+/m0/s1. The molecule has 4 rings (SSSR count). The molecule has 0 saturated carbocycles. The Morgan fingerprint density at radius 3 is 1.98 bits per heavy atom. The first-order valence-electron chi connectivity index (χ1n) is 13.2. The van der Waals surface area contributed by atoms with Crippen LogP contribution >= 0.6 is 0 Å². The normalized spacial score (nSPS) is 23.1. The fraction of sp³-hybridized carbons (Fsp3) is 0.448. The van der Waals surface area contributed by atoms with Crippen molar-refractivity contribution in [2.45, 2.75) is 57.3 Å². The van der Waals surface area contributed by atoms with Crippen LogP contribution in [0.2, 0.25) is 0 Å². The lowest BCUT2D eigenvalue weighted by Crippen LogP contribution is -2.65. The third-order valence-corrected chi connectivity index (χ3v) is 6.74. The van der Waals surface area contributed by atoms with Gasteiger partial charge in [0.2, 0.25) is 0 Å². The molecule has 5 atom stereocenters. The number of nitrogens with one attached hydrogen (secondary N) is 1. The second-order valence-electron chi connectivity index (χ2n) is 9.69. The van der Waals surface area contributed by atoms with Crippen LogP contribution in [0.25, 0.3) is 11.1 Å². The maximum Gasteiger partial charge on any atom is 0.407 e. The van der Waals surface area contributed by atoms with E-state index >= 15 is 0 Å². The summed E-state index contributed by atoms with van der Waals surface area (Å²) in [4.78, 5) is 47.3. The molecule has 12 nitrogen and oxygen atoms in total. The number of alkyl carbamates (subject to hydrolysis) is 1. The van der Waals surface area contributed by atoms with Crippen molar-refractivity contribution in [1.29, 1.82) is 0 Å². The van der Waals surface area contributed by atoms with E-state index in [1.54, 1.807) is 0 Å². The number of fused-ring (bicyclic) bond motifs is 3. The number of rotatable bonds is 10. The number of carbonyl (C=O) groups excluding carboxylic acids is 4. The Morgan fingerprint density at radius 2 is 1.39 bits per heavy atom. The largest absolute Gasteiger partial charge is 0.463 e. The van der Waals surface area contributed by atoms with Crippen molar-refractivity contribution < 1.29 is 47.6 Å². The SMILES string of the molecule is CC(=O)OCC1O[C@@H](OCCNC(=O)OCC2c3ccccc3-c3ccccc32)[C@@H](N)C(OC(C)=O)[C@H]1OC(C)=O. The van der Waals surface area contributed by atoms with Crippen LogP contribution in [-0.2, 0) is 42.8 Å². The van der Waals surface area contributed by atoms with E-state index in [4.69, 9.17) is 34.2 Å². The van der Waals surface area contributed by atoms with Crippen molar-refractivity contribution in [3.05, 3.63) is 59.7 Å². The average Bonchev–Trinajstić information content (AvgIpc) is 3.25. The average molecular weight is 571 g/mol. The first-order chi connectivity index (χ1) is 19.7. The first kappa shape index (κ1) is 30.0. The predicted molar refractivity (Wildman–Crippen MR) is 143 cm³/mol. The molecule has 1 aliphatic carbocycles. The Bertz CT molecular complexity index is 1220. The van der Waals surface area contributed by atoms with E-state index in [0.29, 0.717) is 0 Å². The van der Waals surface area contributed by atoms with Crippen molar-refractivity contribution in [2.24, 2.45) is 5.73 Å². The predicted octanol–water partition coefficient (Wildman–Crippen LogP) is 2.02. The quantitative estimate of drug-likeness (QED) is 0.244. The third kappa shape index (κ3) is 7.40. The lowest BCUT2D eigenvalue weighted by atomic mass is 9.97. The van der Waals surface area contributed by atoms with Crippen molar-refractivity contribution in [2.75, 3.05) is 26.4 Å². The van der Waals surface area contributed by atoms with Gasteiger partial charge in [-0.3, -0.25) is 14.4 Å². The maximum absolute atomic E-state index is 12.5. The summed E-state index contributed by atoms with van der Waals surface area (Å²) in [6, 6.07) is 15.0. The molecular formula is C29H34N2O10. The molecule has 0 bridgehead atoms. The highest BCUT2D eigenvalue weighted by Crippen LogP contribution is 2.44. The van der Waals surface area contributed by atoms with E-state index in [1.165, 1.54) is 20.8 Å². The molecule has 2 aromatic rings. The second-order valence-corrected chi connectivity index (χ2v) is 9.69. The maximum atomic E-state index is 12.5. The highest BCUT2D eigenvalue weighted by Gasteiger charge is 2.49. The van der Waals surface area contributed by atoms with E-state index in [-0.39, 0.29) is 32.3 Å². The van der Waals surface area contributed by atoms with Gasteiger partial charge in [-0.2, -0.15) is 0 Å². The number of hydrogen-bond acceptors (Lipinski definition) is 11. The molecule has 2 unspecified atom stereocenters. The van der Waals surface area contributed by atoms with Gasteiger partial charge in [0, 0.05) is 33.2 Å². The highest BCUT2D eigenvalue weighted by atomic mass is 16.7. The van der Waals surface area contributed by atoms with E-state index < -0.39 is 54.6 Å². The highest BCUT2D eigenvalue weighted by molar-refractivity contribution is 5.79. The molecule has 1 heterocycles. The fourth-order valence-corrected chi connectivity index (χ4v) is 5.06. The van der Waals surface area contributed by atoms with Crippen LogP contribution in [0.4, 0.5) is 4.79 Å².